The number of carbonyl (C=O) groups excluding carboxylic acids is 2. The largest absolute Gasteiger partial charge is 0.466 e. The van der Waals surface area contributed by atoms with Gasteiger partial charge in [0.05, 0.1) is 6.61 Å². The molecule has 0 fully saturated rings. The Balaban J connectivity index is 3.30. The summed E-state index contributed by atoms with van der Waals surface area (Å²) >= 11 is 0. The van der Waals surface area contributed by atoms with Crippen LogP contribution in [0.25, 0.3) is 0 Å². The molecule has 156 valence electrons. The number of carbonyl (C=O) groups is 2. The van der Waals surface area contributed by atoms with Gasteiger partial charge in [0.15, 0.2) is 6.10 Å². The molecule has 0 bridgehead atoms. The van der Waals surface area contributed by atoms with E-state index in [2.05, 4.69) is 12.8 Å². The summed E-state index contributed by atoms with van der Waals surface area (Å²) in [6, 6.07) is 0. The molecule has 27 heavy (non-hydrogen) atoms. The Labute approximate surface area is 166 Å². The highest BCUT2D eigenvalue weighted by atomic mass is 16.5. The molecule has 1 atom stereocenters. The fourth-order valence-corrected chi connectivity index (χ4v) is 2.85. The number of hydrogen-bond donors (Lipinski definition) is 0. The normalized spacial score (nSPS) is 11.6. The van der Waals surface area contributed by atoms with Crippen molar-refractivity contribution in [2.24, 2.45) is 0 Å². The smallest absolute Gasteiger partial charge is 0.307 e. The molecule has 0 saturated heterocycles. The summed E-state index contributed by atoms with van der Waals surface area (Å²) < 4.78 is 10.3. The standard InChI is InChI=1S/C23H40O4/c1-4-6-7-8-11-14-17-20-26-22(24)18-15-12-9-10-13-16-19-23(25)27-21(3)5-2/h2,21H,4,6-20H2,1,3H3. The van der Waals surface area contributed by atoms with Gasteiger partial charge >= 0.3 is 11.9 Å². The van der Waals surface area contributed by atoms with E-state index in [0.29, 0.717) is 19.4 Å². The first kappa shape index (κ1) is 25.5. The molecule has 1 unspecified atom stereocenters. The van der Waals surface area contributed by atoms with Gasteiger partial charge in [-0.05, 0) is 26.2 Å². The number of unbranched alkanes of at least 4 members (excludes halogenated alkanes) is 11. The lowest BCUT2D eigenvalue weighted by Gasteiger charge is -2.07. The van der Waals surface area contributed by atoms with E-state index in [1.54, 1.807) is 6.92 Å². The monoisotopic (exact) mass is 380 g/mol. The fraction of sp³-hybridized carbons (Fsp3) is 0.826. The Kier molecular flexibility index (Phi) is 18.2. The van der Waals surface area contributed by atoms with Gasteiger partial charge < -0.3 is 9.47 Å². The van der Waals surface area contributed by atoms with Crippen molar-refractivity contribution in [2.75, 3.05) is 6.61 Å². The molecule has 0 aromatic heterocycles. The molecule has 4 heteroatoms. The van der Waals surface area contributed by atoms with Crippen LogP contribution in [0.4, 0.5) is 0 Å². The van der Waals surface area contributed by atoms with E-state index in [-0.39, 0.29) is 11.9 Å². The molecule has 0 aromatic carbocycles. The van der Waals surface area contributed by atoms with E-state index < -0.39 is 6.10 Å². The molecule has 0 radical (unpaired) electrons. The third-order valence-electron chi connectivity index (χ3n) is 4.57. The van der Waals surface area contributed by atoms with E-state index in [9.17, 15) is 9.59 Å². The van der Waals surface area contributed by atoms with Gasteiger partial charge in [0, 0.05) is 12.8 Å². The van der Waals surface area contributed by atoms with E-state index in [1.807, 2.05) is 0 Å². The van der Waals surface area contributed by atoms with Crippen LogP contribution in [0.15, 0.2) is 0 Å². The summed E-state index contributed by atoms with van der Waals surface area (Å²) in [7, 11) is 0. The van der Waals surface area contributed by atoms with Crippen molar-refractivity contribution in [3.8, 4) is 12.3 Å². The zero-order valence-corrected chi connectivity index (χ0v) is 17.6. The Hall–Kier alpha value is -1.50. The minimum atomic E-state index is -0.442. The summed E-state index contributed by atoms with van der Waals surface area (Å²) in [5, 5.41) is 0. The van der Waals surface area contributed by atoms with Crippen molar-refractivity contribution in [1.29, 1.82) is 0 Å². The third-order valence-corrected chi connectivity index (χ3v) is 4.57. The molecule has 0 aromatic rings. The summed E-state index contributed by atoms with van der Waals surface area (Å²) in [6.45, 7) is 4.49. The summed E-state index contributed by atoms with van der Waals surface area (Å²) in [6.07, 6.45) is 20.2. The Morgan fingerprint density at radius 3 is 1.81 bits per heavy atom. The molecule has 0 aliphatic carbocycles. The van der Waals surface area contributed by atoms with Crippen LogP contribution >= 0.6 is 0 Å². The second kappa shape index (κ2) is 19.3. The second-order valence-corrected chi connectivity index (χ2v) is 7.26. The van der Waals surface area contributed by atoms with Gasteiger partial charge in [-0.15, -0.1) is 6.42 Å². The maximum Gasteiger partial charge on any atom is 0.307 e. The van der Waals surface area contributed by atoms with Gasteiger partial charge in [-0.2, -0.15) is 0 Å². The minimum absolute atomic E-state index is 0.0636. The van der Waals surface area contributed by atoms with Crippen molar-refractivity contribution in [3.05, 3.63) is 0 Å². The highest BCUT2D eigenvalue weighted by Gasteiger charge is 2.06. The molecule has 0 aliphatic rings. The van der Waals surface area contributed by atoms with Crippen LogP contribution in [0.1, 0.15) is 110 Å². The number of ether oxygens (including phenoxy) is 2. The lowest BCUT2D eigenvalue weighted by Crippen LogP contribution is -2.12. The average Bonchev–Trinajstić information content (AvgIpc) is 2.65. The van der Waals surface area contributed by atoms with Crippen LogP contribution in [0, 0.1) is 12.3 Å². The lowest BCUT2D eigenvalue weighted by atomic mass is 10.1. The number of hydrogen-bond acceptors (Lipinski definition) is 4. The quantitative estimate of drug-likeness (QED) is 0.167. The SMILES string of the molecule is C#CC(C)OC(=O)CCCCCCCCC(=O)OCCCCCCCCC. The number of rotatable bonds is 18. The number of esters is 2. The molecular formula is C23H40O4. The van der Waals surface area contributed by atoms with Crippen molar-refractivity contribution in [3.63, 3.8) is 0 Å². The zero-order valence-electron chi connectivity index (χ0n) is 17.6. The van der Waals surface area contributed by atoms with Gasteiger partial charge in [-0.1, -0.05) is 77.1 Å². The highest BCUT2D eigenvalue weighted by Crippen LogP contribution is 2.11. The first-order chi connectivity index (χ1) is 13.1. The Morgan fingerprint density at radius 1 is 0.778 bits per heavy atom. The minimum Gasteiger partial charge on any atom is -0.466 e. The Morgan fingerprint density at radius 2 is 1.26 bits per heavy atom. The second-order valence-electron chi connectivity index (χ2n) is 7.26. The highest BCUT2D eigenvalue weighted by molar-refractivity contribution is 5.69. The number of terminal acetylenes is 1. The van der Waals surface area contributed by atoms with Gasteiger partial charge in [0.25, 0.3) is 0 Å². The van der Waals surface area contributed by atoms with Crippen LogP contribution in [0.3, 0.4) is 0 Å². The van der Waals surface area contributed by atoms with E-state index in [1.165, 1.54) is 32.1 Å². The van der Waals surface area contributed by atoms with Crippen LogP contribution < -0.4 is 0 Å². The van der Waals surface area contributed by atoms with E-state index in [4.69, 9.17) is 15.9 Å². The van der Waals surface area contributed by atoms with Crippen LogP contribution in [0.5, 0.6) is 0 Å². The lowest BCUT2D eigenvalue weighted by molar-refractivity contribution is -0.146. The van der Waals surface area contributed by atoms with Gasteiger partial charge in [-0.3, -0.25) is 9.59 Å². The average molecular weight is 381 g/mol. The predicted molar refractivity (Wildman–Crippen MR) is 110 cm³/mol. The van der Waals surface area contributed by atoms with Crippen molar-refractivity contribution < 1.29 is 19.1 Å². The maximum atomic E-state index is 11.7. The van der Waals surface area contributed by atoms with Crippen molar-refractivity contribution >= 4 is 11.9 Å². The van der Waals surface area contributed by atoms with Crippen molar-refractivity contribution in [1.82, 2.24) is 0 Å². The molecular weight excluding hydrogens is 340 g/mol. The van der Waals surface area contributed by atoms with Crippen LogP contribution in [0.2, 0.25) is 0 Å². The fourth-order valence-electron chi connectivity index (χ4n) is 2.85. The maximum absolute atomic E-state index is 11.7. The first-order valence-corrected chi connectivity index (χ1v) is 10.9. The zero-order chi connectivity index (χ0) is 20.2. The summed E-state index contributed by atoms with van der Waals surface area (Å²) in [5.74, 6) is 2.09. The molecule has 0 saturated carbocycles. The third kappa shape index (κ3) is 19.1. The molecule has 0 heterocycles. The molecule has 4 nitrogen and oxygen atoms in total. The molecule has 0 rings (SSSR count). The van der Waals surface area contributed by atoms with Gasteiger partial charge in [0.2, 0.25) is 0 Å². The molecule has 0 aliphatic heterocycles. The Bertz CT molecular complexity index is 411. The van der Waals surface area contributed by atoms with Crippen molar-refractivity contribution in [2.45, 2.75) is 116 Å². The van der Waals surface area contributed by atoms with Gasteiger partial charge in [0.1, 0.15) is 0 Å². The predicted octanol–water partition coefficient (Wildman–Crippen LogP) is 5.97. The summed E-state index contributed by atoms with van der Waals surface area (Å²) in [4.78, 5) is 23.1. The molecule has 0 spiro atoms. The first-order valence-electron chi connectivity index (χ1n) is 10.9. The van der Waals surface area contributed by atoms with Crippen LogP contribution in [-0.4, -0.2) is 24.6 Å². The van der Waals surface area contributed by atoms with Gasteiger partial charge in [-0.25, -0.2) is 0 Å². The van der Waals surface area contributed by atoms with E-state index in [0.717, 1.165) is 51.4 Å². The molecule has 0 amide bonds. The summed E-state index contributed by atoms with van der Waals surface area (Å²) in [5.41, 5.74) is 0. The molecule has 0 N–H and O–H groups in total. The topological polar surface area (TPSA) is 52.6 Å². The van der Waals surface area contributed by atoms with Crippen LogP contribution in [-0.2, 0) is 19.1 Å². The van der Waals surface area contributed by atoms with E-state index >= 15 is 0 Å².